The smallest absolute Gasteiger partial charge is 0.127 e. The quantitative estimate of drug-likeness (QED) is 0.748. The topological polar surface area (TPSA) is 18.5 Å². The highest BCUT2D eigenvalue weighted by molar-refractivity contribution is 5.36. The van der Waals surface area contributed by atoms with Crippen LogP contribution in [0.5, 0.6) is 17.2 Å². The molecule has 0 spiro atoms. The minimum Gasteiger partial charge on any atom is -0.494 e. The van der Waals surface area contributed by atoms with Gasteiger partial charge in [0.15, 0.2) is 0 Å². The summed E-state index contributed by atoms with van der Waals surface area (Å²) in [5.74, 6) is 2.49. The molecule has 2 heteroatoms. The van der Waals surface area contributed by atoms with E-state index in [1.807, 2.05) is 36.4 Å². The Bertz CT molecular complexity index is 503. The van der Waals surface area contributed by atoms with Crippen molar-refractivity contribution in [3.63, 3.8) is 0 Å². The van der Waals surface area contributed by atoms with Crippen LogP contribution in [0.2, 0.25) is 0 Å². The van der Waals surface area contributed by atoms with E-state index in [1.54, 1.807) is 0 Å². The van der Waals surface area contributed by atoms with Gasteiger partial charge in [0.1, 0.15) is 17.2 Å². The third-order valence-electron chi connectivity index (χ3n) is 2.77. The van der Waals surface area contributed by atoms with Gasteiger partial charge < -0.3 is 9.47 Å². The van der Waals surface area contributed by atoms with Crippen LogP contribution in [0.15, 0.2) is 48.5 Å². The average molecular weight is 255 g/mol. The second-order valence-electron chi connectivity index (χ2n) is 4.32. The zero-order valence-electron chi connectivity index (χ0n) is 11.3. The maximum Gasteiger partial charge on any atom is 0.127 e. The molecule has 99 valence electrons. The third-order valence-corrected chi connectivity index (χ3v) is 2.77. The molecule has 0 aliphatic heterocycles. The van der Waals surface area contributed by atoms with Crippen molar-refractivity contribution in [1.29, 1.82) is 0 Å². The SMILES string of the molecule is [CH2]COc1ccc(Oc2cccc(CCC)c2)cc1. The van der Waals surface area contributed by atoms with Crippen LogP contribution in [0.3, 0.4) is 0 Å². The molecule has 19 heavy (non-hydrogen) atoms. The molecule has 0 bridgehead atoms. The molecular weight excluding hydrogens is 236 g/mol. The van der Waals surface area contributed by atoms with Crippen LogP contribution in [0.1, 0.15) is 18.9 Å². The van der Waals surface area contributed by atoms with Crippen LogP contribution >= 0.6 is 0 Å². The van der Waals surface area contributed by atoms with Crippen molar-refractivity contribution in [2.75, 3.05) is 6.61 Å². The second-order valence-corrected chi connectivity index (χ2v) is 4.32. The highest BCUT2D eigenvalue weighted by Gasteiger charge is 2.00. The Hall–Kier alpha value is -1.96. The fourth-order valence-electron chi connectivity index (χ4n) is 1.91. The molecule has 0 saturated heterocycles. The minimum atomic E-state index is 0.430. The highest BCUT2D eigenvalue weighted by Crippen LogP contribution is 2.24. The van der Waals surface area contributed by atoms with Crippen LogP contribution in [-0.4, -0.2) is 6.61 Å². The lowest BCUT2D eigenvalue weighted by Crippen LogP contribution is -1.91. The second kappa shape index (κ2) is 6.83. The van der Waals surface area contributed by atoms with Crippen molar-refractivity contribution in [2.45, 2.75) is 19.8 Å². The Kier molecular flexibility index (Phi) is 4.85. The first-order chi connectivity index (χ1) is 9.31. The van der Waals surface area contributed by atoms with Gasteiger partial charge in [-0.1, -0.05) is 25.5 Å². The fourth-order valence-corrected chi connectivity index (χ4v) is 1.91. The number of benzene rings is 2. The molecule has 0 saturated carbocycles. The van der Waals surface area contributed by atoms with E-state index in [9.17, 15) is 0 Å². The largest absolute Gasteiger partial charge is 0.494 e. The van der Waals surface area contributed by atoms with Crippen molar-refractivity contribution in [2.24, 2.45) is 0 Å². The van der Waals surface area contributed by atoms with Crippen LogP contribution in [0.25, 0.3) is 0 Å². The summed E-state index contributed by atoms with van der Waals surface area (Å²) in [6, 6.07) is 15.8. The van der Waals surface area contributed by atoms with E-state index in [0.717, 1.165) is 30.1 Å². The monoisotopic (exact) mass is 255 g/mol. The van der Waals surface area contributed by atoms with Gasteiger partial charge in [0.05, 0.1) is 6.61 Å². The maximum atomic E-state index is 5.83. The lowest BCUT2D eigenvalue weighted by molar-refractivity contribution is 0.360. The Balaban J connectivity index is 2.05. The predicted molar refractivity (Wildman–Crippen MR) is 77.8 cm³/mol. The predicted octanol–water partition coefficient (Wildman–Crippen LogP) is 4.64. The molecule has 0 aromatic heterocycles. The molecule has 0 amide bonds. The van der Waals surface area contributed by atoms with E-state index < -0.39 is 0 Å². The molecule has 0 atom stereocenters. The zero-order chi connectivity index (χ0) is 13.5. The molecule has 2 aromatic carbocycles. The molecule has 2 rings (SSSR count). The summed E-state index contributed by atoms with van der Waals surface area (Å²) in [5, 5.41) is 0. The van der Waals surface area contributed by atoms with Gasteiger partial charge in [-0.05, 0) is 55.3 Å². The van der Waals surface area contributed by atoms with Gasteiger partial charge in [-0.25, -0.2) is 0 Å². The van der Waals surface area contributed by atoms with Gasteiger partial charge in [0, 0.05) is 0 Å². The normalized spacial score (nSPS) is 10.2. The lowest BCUT2D eigenvalue weighted by atomic mass is 10.1. The summed E-state index contributed by atoms with van der Waals surface area (Å²) in [4.78, 5) is 0. The summed E-state index contributed by atoms with van der Waals surface area (Å²) >= 11 is 0. The summed E-state index contributed by atoms with van der Waals surface area (Å²) in [5.41, 5.74) is 1.30. The van der Waals surface area contributed by atoms with E-state index in [1.165, 1.54) is 5.56 Å². The summed E-state index contributed by atoms with van der Waals surface area (Å²) in [6.07, 6.45) is 2.22. The van der Waals surface area contributed by atoms with Gasteiger partial charge in [-0.15, -0.1) is 0 Å². The molecular formula is C17H19O2. The van der Waals surface area contributed by atoms with E-state index in [-0.39, 0.29) is 0 Å². The van der Waals surface area contributed by atoms with Crippen LogP contribution in [-0.2, 0) is 6.42 Å². The summed E-state index contributed by atoms with van der Waals surface area (Å²) in [6.45, 7) is 6.25. The molecule has 0 heterocycles. The van der Waals surface area contributed by atoms with Crippen molar-refractivity contribution >= 4 is 0 Å². The van der Waals surface area contributed by atoms with Crippen molar-refractivity contribution in [3.8, 4) is 17.2 Å². The van der Waals surface area contributed by atoms with Gasteiger partial charge in [-0.2, -0.15) is 0 Å². The molecule has 2 nitrogen and oxygen atoms in total. The number of aryl methyl sites for hydroxylation is 1. The third kappa shape index (κ3) is 4.02. The maximum absolute atomic E-state index is 5.83. The summed E-state index contributed by atoms with van der Waals surface area (Å²) in [7, 11) is 0. The standard InChI is InChI=1S/C17H19O2/c1-3-6-14-7-5-8-17(13-14)19-16-11-9-15(10-12-16)18-4-2/h5,7-13H,2-4,6H2,1H3. The van der Waals surface area contributed by atoms with Crippen molar-refractivity contribution < 1.29 is 9.47 Å². The van der Waals surface area contributed by atoms with E-state index in [4.69, 9.17) is 9.47 Å². The Morgan fingerprint density at radius 2 is 1.68 bits per heavy atom. The van der Waals surface area contributed by atoms with Crippen LogP contribution in [0, 0.1) is 6.92 Å². The first-order valence-electron chi connectivity index (χ1n) is 6.60. The van der Waals surface area contributed by atoms with Gasteiger partial charge in [-0.3, -0.25) is 0 Å². The van der Waals surface area contributed by atoms with Gasteiger partial charge >= 0.3 is 0 Å². The molecule has 2 aromatic rings. The first-order valence-corrected chi connectivity index (χ1v) is 6.60. The van der Waals surface area contributed by atoms with E-state index in [0.29, 0.717) is 6.61 Å². The van der Waals surface area contributed by atoms with Crippen LogP contribution < -0.4 is 9.47 Å². The number of hydrogen-bond donors (Lipinski definition) is 0. The van der Waals surface area contributed by atoms with Crippen molar-refractivity contribution in [1.82, 2.24) is 0 Å². The van der Waals surface area contributed by atoms with Gasteiger partial charge in [0.2, 0.25) is 0 Å². The van der Waals surface area contributed by atoms with Crippen molar-refractivity contribution in [3.05, 3.63) is 61.0 Å². The highest BCUT2D eigenvalue weighted by atomic mass is 16.5. The Morgan fingerprint density at radius 3 is 2.37 bits per heavy atom. The first kappa shape index (κ1) is 13.5. The van der Waals surface area contributed by atoms with Gasteiger partial charge in [0.25, 0.3) is 0 Å². The molecule has 0 fully saturated rings. The lowest BCUT2D eigenvalue weighted by Gasteiger charge is -2.08. The van der Waals surface area contributed by atoms with E-state index in [2.05, 4.69) is 26.0 Å². The van der Waals surface area contributed by atoms with E-state index >= 15 is 0 Å². The van der Waals surface area contributed by atoms with Crippen LogP contribution in [0.4, 0.5) is 0 Å². The minimum absolute atomic E-state index is 0.430. The fraction of sp³-hybridized carbons (Fsp3) is 0.235. The number of hydrogen-bond acceptors (Lipinski definition) is 2. The number of rotatable bonds is 6. The molecule has 0 unspecified atom stereocenters. The Morgan fingerprint density at radius 1 is 0.947 bits per heavy atom. The molecule has 0 aliphatic rings. The zero-order valence-corrected chi connectivity index (χ0v) is 11.3. The average Bonchev–Trinajstić information content (AvgIpc) is 2.42. The molecule has 0 aliphatic carbocycles. The summed E-state index contributed by atoms with van der Waals surface area (Å²) < 4.78 is 11.1. The Labute approximate surface area is 115 Å². The molecule has 1 radical (unpaired) electrons. The number of ether oxygens (including phenoxy) is 2. The molecule has 0 N–H and O–H groups in total.